The number of benzene rings is 1. The van der Waals surface area contributed by atoms with E-state index in [0.717, 1.165) is 24.2 Å². The predicted molar refractivity (Wildman–Crippen MR) is 79.5 cm³/mol. The molecule has 0 radical (unpaired) electrons. The Bertz CT molecular complexity index is 346. The standard InChI is InChI=1S/C15H23NOS/c1-3-17-14-8-6-13(7-9-14)12(2)16-11-15-5-4-10-18-15/h6-9,12,15-16H,3-5,10-11H2,1-2H3. The Balaban J connectivity index is 1.81. The van der Waals surface area contributed by atoms with Crippen molar-refractivity contribution in [2.24, 2.45) is 0 Å². The van der Waals surface area contributed by atoms with Crippen LogP contribution < -0.4 is 10.1 Å². The minimum absolute atomic E-state index is 0.418. The van der Waals surface area contributed by atoms with Crippen LogP contribution in [0.1, 0.15) is 38.3 Å². The van der Waals surface area contributed by atoms with Crippen molar-refractivity contribution in [1.29, 1.82) is 0 Å². The molecule has 1 N–H and O–H groups in total. The van der Waals surface area contributed by atoms with E-state index >= 15 is 0 Å². The molecule has 2 atom stereocenters. The van der Waals surface area contributed by atoms with Crippen molar-refractivity contribution in [3.63, 3.8) is 0 Å². The first kappa shape index (κ1) is 13.8. The van der Waals surface area contributed by atoms with Crippen molar-refractivity contribution in [3.8, 4) is 5.75 Å². The van der Waals surface area contributed by atoms with Crippen LogP contribution in [0.2, 0.25) is 0 Å². The smallest absolute Gasteiger partial charge is 0.119 e. The van der Waals surface area contributed by atoms with Gasteiger partial charge in [-0.25, -0.2) is 0 Å². The second-order valence-corrected chi connectivity index (χ2v) is 6.18. The van der Waals surface area contributed by atoms with Crippen LogP contribution in [-0.2, 0) is 0 Å². The van der Waals surface area contributed by atoms with Gasteiger partial charge < -0.3 is 10.1 Å². The molecule has 0 bridgehead atoms. The molecule has 0 aromatic heterocycles. The highest BCUT2D eigenvalue weighted by Crippen LogP contribution is 2.26. The van der Waals surface area contributed by atoms with Crippen molar-refractivity contribution in [3.05, 3.63) is 29.8 Å². The van der Waals surface area contributed by atoms with Crippen LogP contribution in [-0.4, -0.2) is 24.2 Å². The molecule has 3 heteroatoms. The predicted octanol–water partition coefficient (Wildman–Crippen LogP) is 3.63. The van der Waals surface area contributed by atoms with Gasteiger partial charge in [0.2, 0.25) is 0 Å². The maximum Gasteiger partial charge on any atom is 0.119 e. The zero-order valence-electron chi connectivity index (χ0n) is 11.3. The Morgan fingerprint density at radius 3 is 2.78 bits per heavy atom. The van der Waals surface area contributed by atoms with Gasteiger partial charge in [-0.15, -0.1) is 0 Å². The van der Waals surface area contributed by atoms with Crippen molar-refractivity contribution < 1.29 is 4.74 Å². The fraction of sp³-hybridized carbons (Fsp3) is 0.600. The van der Waals surface area contributed by atoms with Crippen LogP contribution in [0.15, 0.2) is 24.3 Å². The first-order valence-corrected chi connectivity index (χ1v) is 7.92. The van der Waals surface area contributed by atoms with Crippen molar-refractivity contribution in [2.45, 2.75) is 38.0 Å². The van der Waals surface area contributed by atoms with E-state index in [4.69, 9.17) is 4.74 Å². The SMILES string of the molecule is CCOc1ccc(C(C)NCC2CCCS2)cc1. The minimum atomic E-state index is 0.418. The maximum absolute atomic E-state index is 5.46. The van der Waals surface area contributed by atoms with Gasteiger partial charge in [0.1, 0.15) is 5.75 Å². The zero-order chi connectivity index (χ0) is 12.8. The summed E-state index contributed by atoms with van der Waals surface area (Å²) in [5.41, 5.74) is 1.33. The van der Waals surface area contributed by atoms with Gasteiger partial charge in [0.05, 0.1) is 6.61 Å². The average molecular weight is 265 g/mol. The molecule has 18 heavy (non-hydrogen) atoms. The second kappa shape index (κ2) is 7.05. The van der Waals surface area contributed by atoms with Crippen molar-refractivity contribution in [1.82, 2.24) is 5.32 Å². The third-order valence-corrected chi connectivity index (χ3v) is 4.76. The summed E-state index contributed by atoms with van der Waals surface area (Å²) in [5, 5.41) is 4.45. The van der Waals surface area contributed by atoms with Gasteiger partial charge >= 0.3 is 0 Å². The molecule has 1 fully saturated rings. The molecule has 1 aliphatic rings. The molecule has 2 rings (SSSR count). The van der Waals surface area contributed by atoms with E-state index in [1.165, 1.54) is 24.2 Å². The van der Waals surface area contributed by atoms with Crippen molar-refractivity contribution in [2.75, 3.05) is 18.9 Å². The first-order valence-electron chi connectivity index (χ1n) is 6.87. The van der Waals surface area contributed by atoms with Gasteiger partial charge in [-0.3, -0.25) is 0 Å². The molecule has 1 heterocycles. The highest BCUT2D eigenvalue weighted by atomic mass is 32.2. The first-order chi connectivity index (χ1) is 8.79. The summed E-state index contributed by atoms with van der Waals surface area (Å²) in [7, 11) is 0. The van der Waals surface area contributed by atoms with Crippen LogP contribution in [0, 0.1) is 0 Å². The lowest BCUT2D eigenvalue weighted by atomic mass is 10.1. The Kier molecular flexibility index (Phi) is 5.39. The highest BCUT2D eigenvalue weighted by Gasteiger charge is 2.16. The highest BCUT2D eigenvalue weighted by molar-refractivity contribution is 8.00. The number of ether oxygens (including phenoxy) is 1. The molecule has 0 spiro atoms. The quantitative estimate of drug-likeness (QED) is 0.848. The normalized spacial score (nSPS) is 20.9. The number of thioether (sulfide) groups is 1. The second-order valence-electron chi connectivity index (χ2n) is 4.77. The third-order valence-electron chi connectivity index (χ3n) is 3.37. The van der Waals surface area contributed by atoms with Crippen molar-refractivity contribution >= 4 is 11.8 Å². The Morgan fingerprint density at radius 1 is 1.39 bits per heavy atom. The van der Waals surface area contributed by atoms with Gasteiger partial charge in [0, 0.05) is 17.8 Å². The molecule has 1 aromatic carbocycles. The van der Waals surface area contributed by atoms with E-state index in [1.807, 2.05) is 6.92 Å². The molecule has 2 unspecified atom stereocenters. The average Bonchev–Trinajstić information content (AvgIpc) is 2.90. The Morgan fingerprint density at radius 2 is 2.17 bits per heavy atom. The molecule has 1 aromatic rings. The monoisotopic (exact) mass is 265 g/mol. The maximum atomic E-state index is 5.46. The van der Waals surface area contributed by atoms with Crippen LogP contribution in [0.5, 0.6) is 5.75 Å². The van der Waals surface area contributed by atoms with Crippen LogP contribution in [0.25, 0.3) is 0 Å². The Labute approximate surface area is 114 Å². The third kappa shape index (κ3) is 3.92. The van der Waals surface area contributed by atoms with E-state index in [9.17, 15) is 0 Å². The lowest BCUT2D eigenvalue weighted by molar-refractivity contribution is 0.340. The lowest BCUT2D eigenvalue weighted by Gasteiger charge is -2.17. The molecule has 1 saturated heterocycles. The molecule has 0 aliphatic carbocycles. The largest absolute Gasteiger partial charge is 0.494 e. The summed E-state index contributed by atoms with van der Waals surface area (Å²) < 4.78 is 5.46. The molecule has 2 nitrogen and oxygen atoms in total. The summed E-state index contributed by atoms with van der Waals surface area (Å²) in [5.74, 6) is 2.30. The van der Waals surface area contributed by atoms with E-state index in [2.05, 4.69) is 48.3 Å². The molecular weight excluding hydrogens is 242 g/mol. The van der Waals surface area contributed by atoms with E-state index in [0.29, 0.717) is 6.04 Å². The molecule has 100 valence electrons. The number of nitrogens with one attached hydrogen (secondary N) is 1. The summed E-state index contributed by atoms with van der Waals surface area (Å²) >= 11 is 2.11. The van der Waals surface area contributed by atoms with Gasteiger partial charge in [0.15, 0.2) is 0 Å². The number of hydrogen-bond donors (Lipinski definition) is 1. The molecular formula is C15H23NOS. The zero-order valence-corrected chi connectivity index (χ0v) is 12.1. The Hall–Kier alpha value is -0.670. The number of rotatable bonds is 6. The molecule has 0 amide bonds. The van der Waals surface area contributed by atoms with Gasteiger partial charge in [-0.2, -0.15) is 11.8 Å². The lowest BCUT2D eigenvalue weighted by Crippen LogP contribution is -2.26. The van der Waals surface area contributed by atoms with Crippen LogP contribution in [0.4, 0.5) is 0 Å². The molecule has 0 saturated carbocycles. The summed E-state index contributed by atoms with van der Waals surface area (Å²) in [6, 6.07) is 8.85. The van der Waals surface area contributed by atoms with Crippen LogP contribution >= 0.6 is 11.8 Å². The van der Waals surface area contributed by atoms with Crippen LogP contribution in [0.3, 0.4) is 0 Å². The number of hydrogen-bond acceptors (Lipinski definition) is 3. The minimum Gasteiger partial charge on any atom is -0.494 e. The van der Waals surface area contributed by atoms with E-state index < -0.39 is 0 Å². The summed E-state index contributed by atoms with van der Waals surface area (Å²) in [6.07, 6.45) is 2.75. The van der Waals surface area contributed by atoms with E-state index in [-0.39, 0.29) is 0 Å². The summed E-state index contributed by atoms with van der Waals surface area (Å²) in [4.78, 5) is 0. The van der Waals surface area contributed by atoms with Gasteiger partial charge in [-0.05, 0) is 50.1 Å². The van der Waals surface area contributed by atoms with Gasteiger partial charge in [0.25, 0.3) is 0 Å². The topological polar surface area (TPSA) is 21.3 Å². The fourth-order valence-electron chi connectivity index (χ4n) is 2.25. The summed E-state index contributed by atoms with van der Waals surface area (Å²) in [6.45, 7) is 6.10. The van der Waals surface area contributed by atoms with E-state index in [1.54, 1.807) is 0 Å². The van der Waals surface area contributed by atoms with Gasteiger partial charge in [-0.1, -0.05) is 12.1 Å². The molecule has 1 aliphatic heterocycles. The fourth-order valence-corrected chi connectivity index (χ4v) is 3.46.